The molecule has 0 bridgehead atoms. The second kappa shape index (κ2) is 10.3. The average molecular weight is 434 g/mol. The molecule has 1 amide bonds. The van der Waals surface area contributed by atoms with Gasteiger partial charge in [-0.2, -0.15) is 0 Å². The van der Waals surface area contributed by atoms with Crippen LogP contribution in [-0.4, -0.2) is 15.3 Å². The Kier molecular flexibility index (Phi) is 7.48. The van der Waals surface area contributed by atoms with Gasteiger partial charge in [-0.25, -0.2) is 4.98 Å². The van der Waals surface area contributed by atoms with Crippen LogP contribution < -0.4 is 5.32 Å². The van der Waals surface area contributed by atoms with Crippen LogP contribution in [0.5, 0.6) is 0 Å². The van der Waals surface area contributed by atoms with Gasteiger partial charge in [0.15, 0.2) is 0 Å². The van der Waals surface area contributed by atoms with Gasteiger partial charge in [-0.1, -0.05) is 72.7 Å². The number of carbonyl (C=O) groups is 1. The van der Waals surface area contributed by atoms with Crippen molar-refractivity contribution in [1.82, 2.24) is 14.7 Å². The first-order valence-corrected chi connectivity index (χ1v) is 10.8. The summed E-state index contributed by atoms with van der Waals surface area (Å²) in [5.41, 5.74) is 6.58. The maximum absolute atomic E-state index is 13.0. The summed E-state index contributed by atoms with van der Waals surface area (Å²) in [7, 11) is 0. The van der Waals surface area contributed by atoms with Gasteiger partial charge in [0.2, 0.25) is 0 Å². The van der Waals surface area contributed by atoms with Crippen LogP contribution in [0, 0.1) is 0 Å². The van der Waals surface area contributed by atoms with Crippen molar-refractivity contribution in [3.8, 4) is 0 Å². The molecule has 0 unspecified atom stereocenters. The molecule has 0 aliphatic rings. The number of fused-ring (bicyclic) bond motifs is 1. The highest BCUT2D eigenvalue weighted by Crippen LogP contribution is 2.19. The molecule has 4 nitrogen and oxygen atoms in total. The first-order valence-electron chi connectivity index (χ1n) is 10.4. The number of benzene rings is 1. The van der Waals surface area contributed by atoms with E-state index in [2.05, 4.69) is 54.5 Å². The van der Waals surface area contributed by atoms with E-state index in [9.17, 15) is 4.79 Å². The summed E-state index contributed by atoms with van der Waals surface area (Å²) in [6, 6.07) is 11.8. The number of hydrogen-bond donors (Lipinski definition) is 1. The second-order valence-corrected chi connectivity index (χ2v) is 8.02. The van der Waals surface area contributed by atoms with Gasteiger partial charge in [0, 0.05) is 12.7 Å². The Morgan fingerprint density at radius 1 is 1.13 bits per heavy atom. The molecule has 2 aromatic heterocycles. The lowest BCUT2D eigenvalue weighted by atomic mass is 10.0. The molecule has 3 aromatic rings. The molecule has 0 fully saturated rings. The van der Waals surface area contributed by atoms with Gasteiger partial charge in [-0.3, -0.25) is 9.20 Å². The molecule has 0 aliphatic heterocycles. The maximum Gasteiger partial charge on any atom is 0.270 e. The Bertz CT molecular complexity index is 1160. The molecule has 1 aromatic carbocycles. The number of aryl methyl sites for hydroxylation is 1. The highest BCUT2D eigenvalue weighted by Gasteiger charge is 2.18. The normalized spacial score (nSPS) is 11.8. The molecule has 1 N–H and O–H groups in total. The molecule has 3 rings (SSSR count). The van der Waals surface area contributed by atoms with E-state index in [4.69, 9.17) is 11.6 Å². The lowest BCUT2D eigenvalue weighted by molar-refractivity contribution is 0.0944. The third-order valence-electron chi connectivity index (χ3n) is 4.89. The first-order chi connectivity index (χ1) is 14.9. The Hall–Kier alpha value is -3.11. The van der Waals surface area contributed by atoms with Crippen LogP contribution in [0.15, 0.2) is 72.5 Å². The van der Waals surface area contributed by atoms with E-state index in [1.165, 1.54) is 5.57 Å². The number of imidazole rings is 1. The van der Waals surface area contributed by atoms with Crippen LogP contribution in [0.3, 0.4) is 0 Å². The molecular weight excluding hydrogens is 406 g/mol. The van der Waals surface area contributed by atoms with Crippen molar-refractivity contribution < 1.29 is 4.79 Å². The predicted molar refractivity (Wildman–Crippen MR) is 129 cm³/mol. The zero-order valence-electron chi connectivity index (χ0n) is 18.4. The summed E-state index contributed by atoms with van der Waals surface area (Å²) in [6.45, 7) is 8.60. The molecule has 5 heteroatoms. The van der Waals surface area contributed by atoms with Crippen LogP contribution in [0.1, 0.15) is 55.0 Å². The minimum absolute atomic E-state index is 0.159. The zero-order chi connectivity index (χ0) is 22.4. The van der Waals surface area contributed by atoms with E-state index in [-0.39, 0.29) is 5.91 Å². The standard InChI is InChI=1S/C26H28ClN3O/c1-5-7-20(11-8-18(3)4)21-12-9-19(10-13-21)16-28-26(31)25-23(6-2)29-24-15-14-22(27)17-30(24)25/h5,7-15,17H,6,16H2,1-4H3,(H,28,31)/b7-5-,20-11+. The Morgan fingerprint density at radius 3 is 2.52 bits per heavy atom. The second-order valence-electron chi connectivity index (χ2n) is 7.58. The highest BCUT2D eigenvalue weighted by atomic mass is 35.5. The number of nitrogens with zero attached hydrogens (tertiary/aromatic N) is 2. The molecule has 160 valence electrons. The molecule has 0 saturated carbocycles. The van der Waals surface area contributed by atoms with Crippen molar-refractivity contribution >= 4 is 28.7 Å². The number of nitrogens with one attached hydrogen (secondary N) is 1. The maximum atomic E-state index is 13.0. The molecule has 0 radical (unpaired) electrons. The lowest BCUT2D eigenvalue weighted by Gasteiger charge is -2.08. The van der Waals surface area contributed by atoms with Crippen LogP contribution in [0.4, 0.5) is 0 Å². The summed E-state index contributed by atoms with van der Waals surface area (Å²) in [5, 5.41) is 3.59. The Labute approximate surface area is 189 Å². The van der Waals surface area contributed by atoms with Crippen LogP contribution >= 0.6 is 11.6 Å². The quantitative estimate of drug-likeness (QED) is 0.438. The van der Waals surface area contributed by atoms with Crippen LogP contribution in [0.25, 0.3) is 11.2 Å². The van der Waals surface area contributed by atoms with Crippen molar-refractivity contribution in [2.75, 3.05) is 0 Å². The Balaban J connectivity index is 1.77. The van der Waals surface area contributed by atoms with Gasteiger partial charge >= 0.3 is 0 Å². The number of hydrogen-bond acceptors (Lipinski definition) is 2. The molecule has 0 saturated heterocycles. The smallest absolute Gasteiger partial charge is 0.270 e. The molecule has 0 atom stereocenters. The van der Waals surface area contributed by atoms with Crippen LogP contribution in [0.2, 0.25) is 5.02 Å². The summed E-state index contributed by atoms with van der Waals surface area (Å²) in [4.78, 5) is 17.5. The van der Waals surface area contributed by atoms with Gasteiger partial charge in [0.25, 0.3) is 5.91 Å². The number of allylic oxidation sites excluding steroid dienone is 6. The van der Waals surface area contributed by atoms with E-state index >= 15 is 0 Å². The zero-order valence-corrected chi connectivity index (χ0v) is 19.2. The van der Waals surface area contributed by atoms with E-state index in [0.29, 0.717) is 23.7 Å². The highest BCUT2D eigenvalue weighted by molar-refractivity contribution is 6.30. The third-order valence-corrected chi connectivity index (χ3v) is 5.11. The van der Waals surface area contributed by atoms with E-state index in [1.807, 2.05) is 38.1 Å². The molecule has 31 heavy (non-hydrogen) atoms. The average Bonchev–Trinajstić information content (AvgIpc) is 3.13. The SMILES string of the molecule is C/C=C\C(=C/C=C(C)C)c1ccc(CNC(=O)c2c(CC)nc3ccc(Cl)cn23)cc1. The number of carbonyl (C=O) groups excluding carboxylic acids is 1. The number of aromatic nitrogens is 2. The lowest BCUT2D eigenvalue weighted by Crippen LogP contribution is -2.25. The molecule has 2 heterocycles. The third kappa shape index (κ3) is 5.53. The van der Waals surface area contributed by atoms with Crippen molar-refractivity contribution in [3.63, 3.8) is 0 Å². The van der Waals surface area contributed by atoms with E-state index in [0.717, 1.165) is 28.0 Å². The predicted octanol–water partition coefficient (Wildman–Crippen LogP) is 6.41. The van der Waals surface area contributed by atoms with Crippen molar-refractivity contribution in [2.45, 2.75) is 40.7 Å². The largest absolute Gasteiger partial charge is 0.347 e. The van der Waals surface area contributed by atoms with Crippen molar-refractivity contribution in [3.05, 3.63) is 100 Å². The summed E-state index contributed by atoms with van der Waals surface area (Å²) >= 11 is 6.13. The van der Waals surface area contributed by atoms with Crippen molar-refractivity contribution in [1.29, 1.82) is 0 Å². The number of halogens is 1. The van der Waals surface area contributed by atoms with Gasteiger partial charge < -0.3 is 5.32 Å². The summed E-state index contributed by atoms with van der Waals surface area (Å²) in [6.07, 6.45) is 10.8. The molecule has 0 spiro atoms. The fraction of sp³-hybridized carbons (Fsp3) is 0.231. The molecule has 0 aliphatic carbocycles. The van der Waals surface area contributed by atoms with Crippen LogP contribution in [-0.2, 0) is 13.0 Å². The minimum Gasteiger partial charge on any atom is -0.347 e. The van der Waals surface area contributed by atoms with Gasteiger partial charge in [0.05, 0.1) is 10.7 Å². The number of amides is 1. The van der Waals surface area contributed by atoms with Crippen molar-refractivity contribution in [2.24, 2.45) is 0 Å². The number of rotatable bonds is 7. The Morgan fingerprint density at radius 2 is 1.87 bits per heavy atom. The fourth-order valence-corrected chi connectivity index (χ4v) is 3.48. The topological polar surface area (TPSA) is 46.4 Å². The molecular formula is C26H28ClN3O. The van der Waals surface area contributed by atoms with Gasteiger partial charge in [-0.05, 0) is 56.0 Å². The van der Waals surface area contributed by atoms with E-state index < -0.39 is 0 Å². The first kappa shape index (κ1) is 22.6. The monoisotopic (exact) mass is 433 g/mol. The van der Waals surface area contributed by atoms with E-state index in [1.54, 1.807) is 16.7 Å². The number of pyridine rings is 1. The summed E-state index contributed by atoms with van der Waals surface area (Å²) < 4.78 is 1.76. The van der Waals surface area contributed by atoms with Gasteiger partial charge in [0.1, 0.15) is 11.3 Å². The fourth-order valence-electron chi connectivity index (χ4n) is 3.32. The minimum atomic E-state index is -0.159. The van der Waals surface area contributed by atoms with Gasteiger partial charge in [-0.15, -0.1) is 0 Å². The summed E-state index contributed by atoms with van der Waals surface area (Å²) in [5.74, 6) is -0.159.